The van der Waals surface area contributed by atoms with Crippen molar-refractivity contribution in [1.82, 2.24) is 14.8 Å². The lowest BCUT2D eigenvalue weighted by Crippen LogP contribution is -2.17. The summed E-state index contributed by atoms with van der Waals surface area (Å²) in [6, 6.07) is 11.9. The number of hydrogen-bond donors (Lipinski definition) is 1. The van der Waals surface area contributed by atoms with Crippen LogP contribution in [-0.2, 0) is 13.0 Å². The van der Waals surface area contributed by atoms with Crippen molar-refractivity contribution in [2.24, 2.45) is 0 Å². The molecule has 4 rings (SSSR count). The Bertz CT molecular complexity index is 1080. The number of nitrogens with one attached hydrogen (secondary N) is 1. The third-order valence-electron chi connectivity index (χ3n) is 4.37. The fourth-order valence-electron chi connectivity index (χ4n) is 2.99. The van der Waals surface area contributed by atoms with Gasteiger partial charge in [-0.2, -0.15) is 0 Å². The summed E-state index contributed by atoms with van der Waals surface area (Å²) >= 11 is 1.41. The zero-order valence-electron chi connectivity index (χ0n) is 15.2. The van der Waals surface area contributed by atoms with E-state index in [0.717, 1.165) is 28.9 Å². The van der Waals surface area contributed by atoms with Crippen LogP contribution in [0.5, 0.6) is 0 Å². The first kappa shape index (κ1) is 17.5. The quantitative estimate of drug-likeness (QED) is 0.528. The van der Waals surface area contributed by atoms with Crippen LogP contribution in [0.2, 0.25) is 0 Å². The highest BCUT2D eigenvalue weighted by molar-refractivity contribution is 7.15. The first-order valence-corrected chi connectivity index (χ1v) is 9.71. The van der Waals surface area contributed by atoms with Crippen molar-refractivity contribution in [3.8, 4) is 0 Å². The van der Waals surface area contributed by atoms with Crippen molar-refractivity contribution < 1.29 is 9.21 Å². The number of furan rings is 1. The van der Waals surface area contributed by atoms with Crippen LogP contribution in [0, 0.1) is 6.92 Å². The van der Waals surface area contributed by atoms with Gasteiger partial charge in [0.15, 0.2) is 5.58 Å². The number of carbonyl (C=O) groups is 1. The second-order valence-electron chi connectivity index (χ2n) is 6.48. The van der Waals surface area contributed by atoms with Gasteiger partial charge in [-0.25, -0.2) is 0 Å². The van der Waals surface area contributed by atoms with Gasteiger partial charge in [-0.3, -0.25) is 10.1 Å². The minimum Gasteiger partial charge on any atom is -0.463 e. The first-order valence-electron chi connectivity index (χ1n) is 8.90. The fraction of sp³-hybridized carbons (Fsp3) is 0.250. The number of benzene rings is 1. The van der Waals surface area contributed by atoms with E-state index in [4.69, 9.17) is 4.42 Å². The van der Waals surface area contributed by atoms with Crippen LogP contribution in [0.15, 0.2) is 47.1 Å². The number of amides is 1. The number of anilines is 1. The standard InChI is InChI=1S/C20H20N4O2S/c1-3-4-18-22-23-20(27-18)21-19(25)16-11-17-15(9-10-26-17)24(16)12-14-7-5-13(2)6-8-14/h5-11H,3-4,12H2,1-2H3,(H,21,23,25). The Morgan fingerprint density at radius 3 is 2.81 bits per heavy atom. The van der Waals surface area contributed by atoms with Crippen molar-refractivity contribution in [2.75, 3.05) is 5.32 Å². The molecule has 0 unspecified atom stereocenters. The van der Waals surface area contributed by atoms with Crippen LogP contribution < -0.4 is 5.32 Å². The molecule has 0 saturated carbocycles. The molecular weight excluding hydrogens is 360 g/mol. The largest absolute Gasteiger partial charge is 0.463 e. The number of aryl methyl sites for hydroxylation is 2. The van der Waals surface area contributed by atoms with Crippen LogP contribution in [-0.4, -0.2) is 20.7 Å². The zero-order valence-corrected chi connectivity index (χ0v) is 16.0. The van der Waals surface area contributed by atoms with E-state index in [2.05, 4.69) is 53.6 Å². The average Bonchev–Trinajstić information content (AvgIpc) is 3.35. The molecule has 0 fully saturated rings. The maximum Gasteiger partial charge on any atom is 0.274 e. The molecule has 6 nitrogen and oxygen atoms in total. The summed E-state index contributed by atoms with van der Waals surface area (Å²) in [5, 5.41) is 12.5. The Hall–Kier alpha value is -2.93. The smallest absolute Gasteiger partial charge is 0.274 e. The van der Waals surface area contributed by atoms with E-state index >= 15 is 0 Å². The van der Waals surface area contributed by atoms with Gasteiger partial charge in [-0.05, 0) is 18.9 Å². The summed E-state index contributed by atoms with van der Waals surface area (Å²) in [7, 11) is 0. The molecule has 4 aromatic rings. The SMILES string of the molecule is CCCc1nnc(NC(=O)c2cc3occc3n2Cc2ccc(C)cc2)s1. The highest BCUT2D eigenvalue weighted by atomic mass is 32.1. The molecule has 1 N–H and O–H groups in total. The molecule has 1 aromatic carbocycles. The van der Waals surface area contributed by atoms with Crippen LogP contribution in [0.4, 0.5) is 5.13 Å². The maximum absolute atomic E-state index is 12.9. The average molecular weight is 380 g/mol. The molecule has 0 aliphatic heterocycles. The number of hydrogen-bond acceptors (Lipinski definition) is 5. The summed E-state index contributed by atoms with van der Waals surface area (Å²) in [6.07, 6.45) is 3.50. The Morgan fingerprint density at radius 1 is 1.22 bits per heavy atom. The number of nitrogens with zero attached hydrogens (tertiary/aromatic N) is 3. The normalized spacial score (nSPS) is 11.2. The van der Waals surface area contributed by atoms with Crippen molar-refractivity contribution in [1.29, 1.82) is 0 Å². The van der Waals surface area contributed by atoms with Crippen molar-refractivity contribution in [3.63, 3.8) is 0 Å². The molecule has 0 bridgehead atoms. The first-order chi connectivity index (χ1) is 13.1. The molecule has 7 heteroatoms. The highest BCUT2D eigenvalue weighted by Crippen LogP contribution is 2.24. The van der Waals surface area contributed by atoms with Gasteiger partial charge in [0, 0.05) is 25.1 Å². The summed E-state index contributed by atoms with van der Waals surface area (Å²) in [4.78, 5) is 12.9. The van der Waals surface area contributed by atoms with E-state index in [-0.39, 0.29) is 5.91 Å². The highest BCUT2D eigenvalue weighted by Gasteiger charge is 2.19. The van der Waals surface area contributed by atoms with E-state index in [1.807, 2.05) is 10.6 Å². The van der Waals surface area contributed by atoms with Gasteiger partial charge in [0.05, 0.1) is 11.8 Å². The van der Waals surface area contributed by atoms with E-state index in [1.165, 1.54) is 16.9 Å². The van der Waals surface area contributed by atoms with E-state index in [9.17, 15) is 4.79 Å². The van der Waals surface area contributed by atoms with Crippen LogP contribution in [0.25, 0.3) is 11.1 Å². The summed E-state index contributed by atoms with van der Waals surface area (Å²) in [5.41, 5.74) is 4.45. The molecule has 0 atom stereocenters. The van der Waals surface area contributed by atoms with Gasteiger partial charge < -0.3 is 8.98 Å². The monoisotopic (exact) mass is 380 g/mol. The fourth-order valence-corrected chi connectivity index (χ4v) is 3.83. The Kier molecular flexibility index (Phi) is 4.77. The van der Waals surface area contributed by atoms with Gasteiger partial charge >= 0.3 is 0 Å². The third-order valence-corrected chi connectivity index (χ3v) is 5.27. The molecule has 1 amide bonds. The summed E-state index contributed by atoms with van der Waals surface area (Å²) < 4.78 is 7.47. The Balaban J connectivity index is 1.63. The van der Waals surface area contributed by atoms with Crippen molar-refractivity contribution >= 4 is 33.5 Å². The van der Waals surface area contributed by atoms with Gasteiger partial charge in [0.25, 0.3) is 5.91 Å². The Morgan fingerprint density at radius 2 is 2.04 bits per heavy atom. The van der Waals surface area contributed by atoms with Gasteiger partial charge in [0.1, 0.15) is 10.7 Å². The molecule has 0 radical (unpaired) electrons. The molecule has 0 spiro atoms. The van der Waals surface area contributed by atoms with Crippen LogP contribution in [0.3, 0.4) is 0 Å². The maximum atomic E-state index is 12.9. The zero-order chi connectivity index (χ0) is 18.8. The molecule has 0 aliphatic rings. The minimum atomic E-state index is -0.215. The molecular formula is C20H20N4O2S. The van der Waals surface area contributed by atoms with E-state index < -0.39 is 0 Å². The third kappa shape index (κ3) is 3.64. The van der Waals surface area contributed by atoms with Gasteiger partial charge in [-0.1, -0.05) is 48.1 Å². The van der Waals surface area contributed by atoms with Gasteiger partial charge in [-0.15, -0.1) is 10.2 Å². The number of rotatable bonds is 6. The Labute approximate surface area is 160 Å². The van der Waals surface area contributed by atoms with Crippen molar-refractivity contribution in [3.05, 3.63) is 64.5 Å². The van der Waals surface area contributed by atoms with Crippen LogP contribution in [0.1, 0.15) is 40.0 Å². The predicted octanol–water partition coefficient (Wildman–Crippen LogP) is 4.65. The molecule has 3 heterocycles. The minimum absolute atomic E-state index is 0.215. The van der Waals surface area contributed by atoms with Crippen molar-refractivity contribution in [2.45, 2.75) is 33.2 Å². The predicted molar refractivity (Wildman–Crippen MR) is 106 cm³/mol. The molecule has 27 heavy (non-hydrogen) atoms. The van der Waals surface area contributed by atoms with E-state index in [1.54, 1.807) is 12.3 Å². The number of fused-ring (bicyclic) bond motifs is 1. The summed E-state index contributed by atoms with van der Waals surface area (Å²) in [5.74, 6) is -0.215. The molecule has 0 saturated heterocycles. The lowest BCUT2D eigenvalue weighted by Gasteiger charge is -2.10. The summed E-state index contributed by atoms with van der Waals surface area (Å²) in [6.45, 7) is 4.73. The topological polar surface area (TPSA) is 73.0 Å². The van der Waals surface area contributed by atoms with Crippen LogP contribution >= 0.6 is 11.3 Å². The lowest BCUT2D eigenvalue weighted by atomic mass is 10.1. The van der Waals surface area contributed by atoms with E-state index in [0.29, 0.717) is 23.0 Å². The second kappa shape index (κ2) is 7.36. The number of carbonyl (C=O) groups excluding carboxylic acids is 1. The lowest BCUT2D eigenvalue weighted by molar-refractivity contribution is 0.101. The number of aromatic nitrogens is 3. The molecule has 0 aliphatic carbocycles. The molecule has 138 valence electrons. The molecule has 3 aromatic heterocycles. The van der Waals surface area contributed by atoms with Gasteiger partial charge in [0.2, 0.25) is 5.13 Å². The second-order valence-corrected chi connectivity index (χ2v) is 7.54.